The number of phenolic OH excluding ortho intramolecular Hbond substituents is 1. The van der Waals surface area contributed by atoms with Gasteiger partial charge in [0.15, 0.2) is 0 Å². The molecule has 0 aromatic heterocycles. The molecule has 4 rings (SSSR count). The number of rotatable bonds is 1. The first-order valence-corrected chi connectivity index (χ1v) is 7.37. The Hall–Kier alpha value is -1.96. The summed E-state index contributed by atoms with van der Waals surface area (Å²) in [5.74, 6) is 2.54. The molecular weight excluding hydrogens is 248 g/mol. The van der Waals surface area contributed by atoms with Gasteiger partial charge in [-0.3, -0.25) is 0 Å². The smallest absolute Gasteiger partial charge is 0.127 e. The first kappa shape index (κ1) is 11.8. The molecular formula is C18H18O2. The molecule has 1 heterocycles. The molecule has 1 N–H and O–H groups in total. The van der Waals surface area contributed by atoms with E-state index in [9.17, 15) is 5.11 Å². The molecule has 0 amide bonds. The highest BCUT2D eigenvalue weighted by molar-refractivity contribution is 5.41. The van der Waals surface area contributed by atoms with E-state index in [-0.39, 0.29) is 6.10 Å². The van der Waals surface area contributed by atoms with Crippen molar-refractivity contribution in [1.29, 1.82) is 0 Å². The van der Waals surface area contributed by atoms with Crippen molar-refractivity contribution in [2.45, 2.75) is 31.3 Å². The predicted molar refractivity (Wildman–Crippen MR) is 78.0 cm³/mol. The lowest BCUT2D eigenvalue weighted by atomic mass is 9.80. The fourth-order valence-electron chi connectivity index (χ4n) is 3.83. The Balaban J connectivity index is 1.76. The van der Waals surface area contributed by atoms with Crippen molar-refractivity contribution >= 4 is 0 Å². The van der Waals surface area contributed by atoms with Crippen molar-refractivity contribution in [3.8, 4) is 11.5 Å². The normalized spacial score (nSPS) is 27.5. The topological polar surface area (TPSA) is 29.5 Å². The van der Waals surface area contributed by atoms with Gasteiger partial charge in [0.2, 0.25) is 0 Å². The van der Waals surface area contributed by atoms with Crippen LogP contribution in [0.15, 0.2) is 48.5 Å². The Kier molecular flexibility index (Phi) is 2.69. The molecule has 2 aliphatic rings. The van der Waals surface area contributed by atoms with E-state index < -0.39 is 0 Å². The van der Waals surface area contributed by atoms with E-state index in [2.05, 4.69) is 18.2 Å². The monoisotopic (exact) mass is 266 g/mol. The van der Waals surface area contributed by atoms with Crippen LogP contribution in [0.3, 0.4) is 0 Å². The number of hydrogen-bond acceptors (Lipinski definition) is 2. The highest BCUT2D eigenvalue weighted by Crippen LogP contribution is 2.53. The van der Waals surface area contributed by atoms with Crippen LogP contribution in [0.4, 0.5) is 0 Å². The van der Waals surface area contributed by atoms with Crippen molar-refractivity contribution < 1.29 is 9.84 Å². The van der Waals surface area contributed by atoms with Crippen LogP contribution in [0, 0.1) is 5.92 Å². The van der Waals surface area contributed by atoms with Gasteiger partial charge in [-0.1, -0.05) is 36.8 Å². The van der Waals surface area contributed by atoms with Crippen LogP contribution >= 0.6 is 0 Å². The van der Waals surface area contributed by atoms with Crippen LogP contribution in [-0.2, 0) is 0 Å². The SMILES string of the molecule is Oc1ccc([C@H]2Oc3ccccc3[C@H]3CCC[C@H]32)cc1. The molecule has 3 atom stereocenters. The minimum Gasteiger partial charge on any atom is -0.508 e. The summed E-state index contributed by atoms with van der Waals surface area (Å²) in [4.78, 5) is 0. The molecule has 0 spiro atoms. The lowest BCUT2D eigenvalue weighted by Crippen LogP contribution is -2.26. The minimum atomic E-state index is 0.123. The molecule has 0 bridgehead atoms. The van der Waals surface area contributed by atoms with E-state index in [4.69, 9.17) is 4.74 Å². The maximum Gasteiger partial charge on any atom is 0.127 e. The number of phenols is 1. The van der Waals surface area contributed by atoms with Crippen molar-refractivity contribution in [1.82, 2.24) is 0 Å². The Labute approximate surface area is 119 Å². The summed E-state index contributed by atoms with van der Waals surface area (Å²) in [7, 11) is 0. The molecule has 0 saturated heterocycles. The van der Waals surface area contributed by atoms with E-state index in [0.29, 0.717) is 17.6 Å². The fraction of sp³-hybridized carbons (Fsp3) is 0.333. The third-order valence-corrected chi connectivity index (χ3v) is 4.75. The number of ether oxygens (including phenoxy) is 1. The van der Waals surface area contributed by atoms with E-state index in [0.717, 1.165) is 5.75 Å². The van der Waals surface area contributed by atoms with Crippen LogP contribution in [0.5, 0.6) is 11.5 Å². The molecule has 102 valence electrons. The molecule has 0 radical (unpaired) electrons. The zero-order valence-corrected chi connectivity index (χ0v) is 11.3. The lowest BCUT2D eigenvalue weighted by molar-refractivity contribution is 0.104. The van der Waals surface area contributed by atoms with Crippen molar-refractivity contribution in [3.05, 3.63) is 59.7 Å². The molecule has 2 nitrogen and oxygen atoms in total. The molecule has 2 aromatic carbocycles. The second kappa shape index (κ2) is 4.55. The van der Waals surface area contributed by atoms with E-state index in [1.807, 2.05) is 18.2 Å². The summed E-state index contributed by atoms with van der Waals surface area (Å²) in [6, 6.07) is 15.9. The molecule has 1 aliphatic carbocycles. The average molecular weight is 266 g/mol. The second-order valence-electron chi connectivity index (χ2n) is 5.87. The van der Waals surface area contributed by atoms with Gasteiger partial charge in [-0.05, 0) is 48.1 Å². The molecule has 0 unspecified atom stereocenters. The van der Waals surface area contributed by atoms with Gasteiger partial charge in [-0.2, -0.15) is 0 Å². The average Bonchev–Trinajstić information content (AvgIpc) is 2.97. The number of benzene rings is 2. The Morgan fingerprint density at radius 1 is 0.950 bits per heavy atom. The van der Waals surface area contributed by atoms with Gasteiger partial charge in [-0.15, -0.1) is 0 Å². The van der Waals surface area contributed by atoms with Gasteiger partial charge in [0.25, 0.3) is 0 Å². The zero-order chi connectivity index (χ0) is 13.5. The standard InChI is InChI=1S/C18H18O2/c19-13-10-8-12(9-11-13)18-16-6-3-5-14(16)15-4-1-2-7-17(15)20-18/h1-2,4,7-11,14,16,18-19H,3,5-6H2/t14-,16-,18-/m1/s1. The van der Waals surface area contributed by atoms with E-state index in [1.54, 1.807) is 12.1 Å². The Morgan fingerprint density at radius 3 is 2.60 bits per heavy atom. The van der Waals surface area contributed by atoms with Crippen LogP contribution < -0.4 is 4.74 Å². The summed E-state index contributed by atoms with van der Waals surface area (Å²) >= 11 is 0. The van der Waals surface area contributed by atoms with Crippen molar-refractivity contribution in [2.24, 2.45) is 5.92 Å². The van der Waals surface area contributed by atoms with Crippen molar-refractivity contribution in [2.75, 3.05) is 0 Å². The highest BCUT2D eigenvalue weighted by atomic mass is 16.5. The number of aromatic hydroxyl groups is 1. The largest absolute Gasteiger partial charge is 0.508 e. The Bertz CT molecular complexity index is 618. The van der Waals surface area contributed by atoms with Crippen LogP contribution in [-0.4, -0.2) is 5.11 Å². The highest BCUT2D eigenvalue weighted by Gasteiger charge is 2.41. The molecule has 2 aromatic rings. The van der Waals surface area contributed by atoms with Gasteiger partial charge in [0.1, 0.15) is 17.6 Å². The molecule has 1 aliphatic heterocycles. The van der Waals surface area contributed by atoms with E-state index in [1.165, 1.54) is 30.4 Å². The predicted octanol–water partition coefficient (Wildman–Crippen LogP) is 4.41. The van der Waals surface area contributed by atoms with Gasteiger partial charge >= 0.3 is 0 Å². The van der Waals surface area contributed by atoms with E-state index >= 15 is 0 Å². The molecule has 20 heavy (non-hydrogen) atoms. The number of fused-ring (bicyclic) bond motifs is 3. The summed E-state index contributed by atoms with van der Waals surface area (Å²) in [5.41, 5.74) is 2.55. The summed E-state index contributed by atoms with van der Waals surface area (Å²) in [5, 5.41) is 9.46. The molecule has 1 saturated carbocycles. The molecule has 2 heteroatoms. The van der Waals surface area contributed by atoms with Gasteiger partial charge in [0.05, 0.1) is 0 Å². The summed E-state index contributed by atoms with van der Waals surface area (Å²) in [6.07, 6.45) is 3.89. The first-order valence-electron chi connectivity index (χ1n) is 7.37. The van der Waals surface area contributed by atoms with Gasteiger partial charge in [-0.25, -0.2) is 0 Å². The summed E-state index contributed by atoms with van der Waals surface area (Å²) in [6.45, 7) is 0. The number of hydrogen-bond donors (Lipinski definition) is 1. The summed E-state index contributed by atoms with van der Waals surface area (Å²) < 4.78 is 6.29. The maximum atomic E-state index is 9.46. The quantitative estimate of drug-likeness (QED) is 0.828. The van der Waals surface area contributed by atoms with Crippen LogP contribution in [0.1, 0.15) is 42.4 Å². The molecule has 1 fully saturated rings. The maximum absolute atomic E-state index is 9.46. The zero-order valence-electron chi connectivity index (χ0n) is 11.3. The van der Waals surface area contributed by atoms with Gasteiger partial charge < -0.3 is 9.84 Å². The fourth-order valence-corrected chi connectivity index (χ4v) is 3.83. The second-order valence-corrected chi connectivity index (χ2v) is 5.87. The Morgan fingerprint density at radius 2 is 1.75 bits per heavy atom. The number of para-hydroxylation sites is 1. The van der Waals surface area contributed by atoms with Gasteiger partial charge in [0, 0.05) is 5.92 Å². The van der Waals surface area contributed by atoms with Crippen LogP contribution in [0.2, 0.25) is 0 Å². The van der Waals surface area contributed by atoms with Crippen molar-refractivity contribution in [3.63, 3.8) is 0 Å². The third-order valence-electron chi connectivity index (χ3n) is 4.75. The lowest BCUT2D eigenvalue weighted by Gasteiger charge is -2.36. The third kappa shape index (κ3) is 1.79. The van der Waals surface area contributed by atoms with Crippen LogP contribution in [0.25, 0.3) is 0 Å². The first-order chi connectivity index (χ1) is 9.83. The minimum absolute atomic E-state index is 0.123.